The van der Waals surface area contributed by atoms with Crippen molar-refractivity contribution in [2.24, 2.45) is 0 Å². The number of hydrogen-bond acceptors (Lipinski definition) is 7. The summed E-state index contributed by atoms with van der Waals surface area (Å²) in [6.07, 6.45) is 5.30. The van der Waals surface area contributed by atoms with E-state index < -0.39 is 5.69 Å². The highest BCUT2D eigenvalue weighted by Crippen LogP contribution is 2.47. The standard InChI is InChI=1S/C35H40N6O3/c1-8-28(42)39-16-17-40(23(6)19-39)33-27-18-26(24-12-13-24)30(25-11-9-10-22(5)32(25)44-7)37-34(27)41(35(43)38-33)31-21(4)14-15-36-29(31)20(2)3/h8-11,14-15,18,20,23-24H,1,12-13,16-17,19H2,2-7H3. The molecule has 0 bridgehead atoms. The normalized spacial score (nSPS) is 16.9. The van der Waals surface area contributed by atoms with Crippen molar-refractivity contribution >= 4 is 22.8 Å². The fourth-order valence-electron chi connectivity index (χ4n) is 6.48. The molecule has 228 valence electrons. The van der Waals surface area contributed by atoms with Gasteiger partial charge in [0.05, 0.1) is 29.6 Å². The molecule has 0 radical (unpaired) electrons. The van der Waals surface area contributed by atoms with Crippen LogP contribution >= 0.6 is 0 Å². The van der Waals surface area contributed by atoms with E-state index in [1.807, 2.05) is 38.1 Å². The number of methoxy groups -OCH3 is 1. The number of nitrogens with zero attached hydrogens (tertiary/aromatic N) is 6. The van der Waals surface area contributed by atoms with Crippen molar-refractivity contribution in [2.45, 2.75) is 65.3 Å². The minimum atomic E-state index is -0.406. The Hall–Kier alpha value is -4.53. The van der Waals surface area contributed by atoms with E-state index in [4.69, 9.17) is 19.7 Å². The Morgan fingerprint density at radius 2 is 1.89 bits per heavy atom. The zero-order valence-corrected chi connectivity index (χ0v) is 26.4. The molecular weight excluding hydrogens is 552 g/mol. The summed E-state index contributed by atoms with van der Waals surface area (Å²) in [7, 11) is 1.69. The van der Waals surface area contributed by atoms with Gasteiger partial charge < -0.3 is 14.5 Å². The molecule has 1 atom stereocenters. The van der Waals surface area contributed by atoms with Crippen molar-refractivity contribution in [1.82, 2.24) is 24.4 Å². The maximum absolute atomic E-state index is 14.3. The van der Waals surface area contributed by atoms with Crippen LogP contribution in [0.1, 0.15) is 67.8 Å². The topological polar surface area (TPSA) is 93.5 Å². The average molecular weight is 593 g/mol. The SMILES string of the molecule is C=CC(=O)N1CCN(c2nc(=O)n(-c3c(C)ccnc3C(C)C)c3nc(-c4cccc(C)c4OC)c(C4CC4)cc23)C(C)C1. The first kappa shape index (κ1) is 29.5. The molecule has 6 rings (SSSR count). The number of aryl methyl sites for hydroxylation is 2. The van der Waals surface area contributed by atoms with Crippen molar-refractivity contribution in [3.8, 4) is 22.7 Å². The summed E-state index contributed by atoms with van der Waals surface area (Å²) < 4.78 is 7.55. The number of fused-ring (bicyclic) bond motifs is 1. The van der Waals surface area contributed by atoms with E-state index in [1.54, 1.807) is 22.8 Å². The number of piperazine rings is 1. The molecule has 1 aliphatic heterocycles. The Labute approximate surface area is 258 Å². The van der Waals surface area contributed by atoms with Crippen LogP contribution in [0.25, 0.3) is 28.0 Å². The van der Waals surface area contributed by atoms with E-state index in [0.717, 1.165) is 63.3 Å². The van der Waals surface area contributed by atoms with Gasteiger partial charge in [-0.2, -0.15) is 4.98 Å². The van der Waals surface area contributed by atoms with Crippen LogP contribution in [0.2, 0.25) is 0 Å². The van der Waals surface area contributed by atoms with Crippen LogP contribution in [0.5, 0.6) is 5.75 Å². The van der Waals surface area contributed by atoms with Gasteiger partial charge in [0, 0.05) is 37.4 Å². The summed E-state index contributed by atoms with van der Waals surface area (Å²) in [6, 6.07) is 10.2. The van der Waals surface area contributed by atoms with E-state index in [1.165, 1.54) is 6.08 Å². The molecule has 1 unspecified atom stereocenters. The number of pyridine rings is 2. The van der Waals surface area contributed by atoms with Gasteiger partial charge in [0.25, 0.3) is 0 Å². The Morgan fingerprint density at radius 1 is 1.11 bits per heavy atom. The smallest absolute Gasteiger partial charge is 0.355 e. The van der Waals surface area contributed by atoms with E-state index in [9.17, 15) is 9.59 Å². The molecule has 3 aromatic heterocycles. The van der Waals surface area contributed by atoms with Crippen LogP contribution in [0.3, 0.4) is 0 Å². The molecular formula is C35H40N6O3. The molecule has 1 aromatic carbocycles. The molecule has 1 amide bonds. The molecule has 0 N–H and O–H groups in total. The van der Waals surface area contributed by atoms with Gasteiger partial charge in [0.1, 0.15) is 11.6 Å². The zero-order valence-electron chi connectivity index (χ0n) is 26.4. The van der Waals surface area contributed by atoms with E-state index in [2.05, 4.69) is 38.3 Å². The number of amides is 1. The monoisotopic (exact) mass is 592 g/mol. The number of para-hydroxylation sites is 1. The largest absolute Gasteiger partial charge is 0.496 e. The van der Waals surface area contributed by atoms with Crippen molar-refractivity contribution in [3.63, 3.8) is 0 Å². The minimum absolute atomic E-state index is 0.0640. The Bertz CT molecular complexity index is 1840. The fourth-order valence-corrected chi connectivity index (χ4v) is 6.48. The van der Waals surface area contributed by atoms with E-state index in [-0.39, 0.29) is 17.9 Å². The van der Waals surface area contributed by atoms with Crippen molar-refractivity contribution in [2.75, 3.05) is 31.6 Å². The lowest BCUT2D eigenvalue weighted by Crippen LogP contribution is -2.54. The second kappa shape index (κ2) is 11.5. The summed E-state index contributed by atoms with van der Waals surface area (Å²) in [5.74, 6) is 1.73. The van der Waals surface area contributed by atoms with Crippen LogP contribution in [-0.4, -0.2) is 63.1 Å². The molecule has 2 fully saturated rings. The molecule has 9 heteroatoms. The third kappa shape index (κ3) is 5.04. The summed E-state index contributed by atoms with van der Waals surface area (Å²) in [6.45, 7) is 15.5. The summed E-state index contributed by atoms with van der Waals surface area (Å²) in [5.41, 5.74) is 6.49. The Morgan fingerprint density at radius 3 is 2.55 bits per heavy atom. The number of ether oxygens (including phenoxy) is 1. The minimum Gasteiger partial charge on any atom is -0.496 e. The van der Waals surface area contributed by atoms with Crippen LogP contribution < -0.4 is 15.3 Å². The summed E-state index contributed by atoms with van der Waals surface area (Å²) >= 11 is 0. The molecule has 4 aromatic rings. The van der Waals surface area contributed by atoms with Crippen molar-refractivity contribution in [3.05, 3.63) is 82.1 Å². The summed E-state index contributed by atoms with van der Waals surface area (Å²) in [5, 5.41) is 0.815. The number of carbonyl (C=O) groups is 1. The molecule has 4 heterocycles. The lowest BCUT2D eigenvalue weighted by Gasteiger charge is -2.40. The number of anilines is 1. The van der Waals surface area contributed by atoms with Gasteiger partial charge >= 0.3 is 5.69 Å². The Kier molecular flexibility index (Phi) is 7.73. The molecule has 2 aliphatic rings. The zero-order chi connectivity index (χ0) is 31.3. The predicted molar refractivity (Wildman–Crippen MR) is 174 cm³/mol. The van der Waals surface area contributed by atoms with Crippen LogP contribution in [-0.2, 0) is 4.79 Å². The molecule has 9 nitrogen and oxygen atoms in total. The average Bonchev–Trinajstić information content (AvgIpc) is 3.85. The highest BCUT2D eigenvalue weighted by Gasteiger charge is 2.33. The van der Waals surface area contributed by atoms with Gasteiger partial charge in [-0.3, -0.25) is 9.78 Å². The van der Waals surface area contributed by atoms with Crippen LogP contribution in [0.4, 0.5) is 5.82 Å². The first-order valence-corrected chi connectivity index (χ1v) is 15.4. The van der Waals surface area contributed by atoms with Gasteiger partial charge in [0.2, 0.25) is 5.91 Å². The number of aromatic nitrogens is 4. The fraction of sp³-hybridized carbons (Fsp3) is 0.400. The second-order valence-corrected chi connectivity index (χ2v) is 12.3. The third-order valence-electron chi connectivity index (χ3n) is 8.88. The molecule has 1 saturated heterocycles. The van der Waals surface area contributed by atoms with Gasteiger partial charge in [-0.25, -0.2) is 14.3 Å². The highest BCUT2D eigenvalue weighted by atomic mass is 16.5. The maximum Gasteiger partial charge on any atom is 0.355 e. The Balaban J connectivity index is 1.68. The highest BCUT2D eigenvalue weighted by molar-refractivity contribution is 5.93. The third-order valence-corrected chi connectivity index (χ3v) is 8.88. The molecule has 1 saturated carbocycles. The number of benzene rings is 1. The lowest BCUT2D eigenvalue weighted by atomic mass is 9.98. The van der Waals surface area contributed by atoms with Crippen molar-refractivity contribution < 1.29 is 9.53 Å². The summed E-state index contributed by atoms with van der Waals surface area (Å²) in [4.78, 5) is 45.5. The van der Waals surface area contributed by atoms with Gasteiger partial charge in [0.15, 0.2) is 5.65 Å². The van der Waals surface area contributed by atoms with E-state index >= 15 is 0 Å². The molecule has 1 aliphatic carbocycles. The first-order valence-electron chi connectivity index (χ1n) is 15.4. The predicted octanol–water partition coefficient (Wildman–Crippen LogP) is 5.69. The lowest BCUT2D eigenvalue weighted by molar-refractivity contribution is -0.126. The quantitative estimate of drug-likeness (QED) is 0.255. The number of rotatable bonds is 7. The van der Waals surface area contributed by atoms with Crippen LogP contribution in [0.15, 0.2) is 54.0 Å². The maximum atomic E-state index is 14.3. The number of hydrogen-bond donors (Lipinski definition) is 0. The molecule has 44 heavy (non-hydrogen) atoms. The van der Waals surface area contributed by atoms with E-state index in [0.29, 0.717) is 37.0 Å². The van der Waals surface area contributed by atoms with Crippen molar-refractivity contribution in [1.29, 1.82) is 0 Å². The second-order valence-electron chi connectivity index (χ2n) is 12.3. The van der Waals surface area contributed by atoms with Gasteiger partial charge in [-0.1, -0.05) is 32.6 Å². The van der Waals surface area contributed by atoms with Gasteiger partial charge in [-0.05, 0) is 86.4 Å². The molecule has 0 spiro atoms. The number of carbonyl (C=O) groups excluding carboxylic acids is 1. The first-order chi connectivity index (χ1) is 21.1. The van der Waals surface area contributed by atoms with Gasteiger partial charge in [-0.15, -0.1) is 0 Å². The van der Waals surface area contributed by atoms with Crippen LogP contribution in [0, 0.1) is 13.8 Å².